The van der Waals surface area contributed by atoms with Crippen LogP contribution in [0.4, 0.5) is 5.69 Å². The van der Waals surface area contributed by atoms with E-state index in [2.05, 4.69) is 10.3 Å². The largest absolute Gasteiger partial charge is 0.325 e. The maximum absolute atomic E-state index is 12.1. The van der Waals surface area contributed by atoms with Crippen molar-refractivity contribution in [3.63, 3.8) is 0 Å². The number of aromatic nitrogens is 1. The Morgan fingerprint density at radius 1 is 1.17 bits per heavy atom. The molecule has 1 aromatic heterocycles. The maximum Gasteiger partial charge on any atom is 0.280 e. The molecule has 23 heavy (non-hydrogen) atoms. The van der Waals surface area contributed by atoms with E-state index in [0.717, 1.165) is 4.90 Å². The molecule has 7 heteroatoms. The molecule has 0 aliphatic carbocycles. The van der Waals surface area contributed by atoms with E-state index >= 15 is 0 Å². The lowest BCUT2D eigenvalue weighted by molar-refractivity contribution is -0.116. The highest BCUT2D eigenvalue weighted by Crippen LogP contribution is 2.20. The number of imide groups is 1. The normalized spacial score (nSPS) is 12.7. The summed E-state index contributed by atoms with van der Waals surface area (Å²) in [5.41, 5.74) is 1.20. The van der Waals surface area contributed by atoms with Crippen molar-refractivity contribution in [1.29, 1.82) is 5.26 Å². The van der Waals surface area contributed by atoms with E-state index in [1.165, 1.54) is 12.3 Å². The molecule has 3 rings (SSSR count). The predicted octanol–water partition coefficient (Wildman–Crippen LogP) is 1.19. The van der Waals surface area contributed by atoms with Gasteiger partial charge in [0.15, 0.2) is 0 Å². The Kier molecular flexibility index (Phi) is 3.57. The number of nitriles is 1. The molecule has 112 valence electrons. The number of benzene rings is 1. The lowest BCUT2D eigenvalue weighted by atomic mass is 10.2. The third-order valence-electron chi connectivity index (χ3n) is 3.33. The van der Waals surface area contributed by atoms with E-state index in [4.69, 9.17) is 5.26 Å². The van der Waals surface area contributed by atoms with Crippen molar-refractivity contribution in [1.82, 2.24) is 9.88 Å². The summed E-state index contributed by atoms with van der Waals surface area (Å²) in [5, 5.41) is 11.3. The maximum atomic E-state index is 12.1. The minimum atomic E-state index is -0.583. The smallest absolute Gasteiger partial charge is 0.280 e. The van der Waals surface area contributed by atoms with Gasteiger partial charge < -0.3 is 5.32 Å². The molecule has 0 atom stereocenters. The van der Waals surface area contributed by atoms with Crippen molar-refractivity contribution < 1.29 is 14.4 Å². The van der Waals surface area contributed by atoms with Crippen molar-refractivity contribution in [2.24, 2.45) is 0 Å². The number of nitrogens with zero attached hydrogens (tertiary/aromatic N) is 3. The van der Waals surface area contributed by atoms with Gasteiger partial charge in [-0.3, -0.25) is 24.3 Å². The van der Waals surface area contributed by atoms with E-state index < -0.39 is 24.3 Å². The molecule has 0 fully saturated rings. The molecule has 7 nitrogen and oxygen atoms in total. The second kappa shape index (κ2) is 5.69. The summed E-state index contributed by atoms with van der Waals surface area (Å²) in [7, 11) is 0. The first-order valence-corrected chi connectivity index (χ1v) is 6.71. The highest BCUT2D eigenvalue weighted by Gasteiger charge is 2.37. The zero-order valence-electron chi connectivity index (χ0n) is 11.8. The number of fused-ring (bicyclic) bond motifs is 1. The Morgan fingerprint density at radius 3 is 2.57 bits per heavy atom. The number of rotatable bonds is 3. The highest BCUT2D eigenvalue weighted by atomic mass is 16.2. The molecule has 1 N–H and O–H groups in total. The predicted molar refractivity (Wildman–Crippen MR) is 79.4 cm³/mol. The van der Waals surface area contributed by atoms with E-state index in [1.54, 1.807) is 30.3 Å². The van der Waals surface area contributed by atoms with Crippen molar-refractivity contribution in [3.8, 4) is 6.07 Å². The number of carbonyl (C=O) groups excluding carboxylic acids is 3. The molecule has 0 unspecified atom stereocenters. The first kappa shape index (κ1) is 14.4. The van der Waals surface area contributed by atoms with Crippen molar-refractivity contribution in [3.05, 3.63) is 59.4 Å². The van der Waals surface area contributed by atoms with Crippen LogP contribution in [0.5, 0.6) is 0 Å². The van der Waals surface area contributed by atoms with Gasteiger partial charge in [0.2, 0.25) is 5.91 Å². The standard InChI is InChI=1S/C16H10N4O3/c17-8-10-3-5-11(6-4-10)19-13(21)9-20-15(22)12-2-1-7-18-14(12)16(20)23/h1-7H,9H2,(H,19,21). The molecule has 2 heterocycles. The van der Waals surface area contributed by atoms with Gasteiger partial charge in [-0.05, 0) is 36.4 Å². The molecule has 0 saturated carbocycles. The third-order valence-corrected chi connectivity index (χ3v) is 3.33. The summed E-state index contributed by atoms with van der Waals surface area (Å²) in [6, 6.07) is 11.3. The first-order valence-electron chi connectivity index (χ1n) is 6.71. The summed E-state index contributed by atoms with van der Waals surface area (Å²) in [4.78, 5) is 41.0. The molecule has 0 radical (unpaired) electrons. The highest BCUT2D eigenvalue weighted by molar-refractivity contribution is 6.21. The van der Waals surface area contributed by atoms with E-state index in [0.29, 0.717) is 11.3 Å². The molecule has 3 amide bonds. The van der Waals surface area contributed by atoms with E-state index in [-0.39, 0.29) is 11.3 Å². The number of carbonyl (C=O) groups is 3. The minimum Gasteiger partial charge on any atom is -0.325 e. The summed E-state index contributed by atoms with van der Waals surface area (Å²) < 4.78 is 0. The average molecular weight is 306 g/mol. The van der Waals surface area contributed by atoms with Crippen LogP contribution in [-0.4, -0.2) is 34.2 Å². The Balaban J connectivity index is 1.70. The zero-order chi connectivity index (χ0) is 16.4. The Hall–Kier alpha value is -3.53. The molecule has 0 spiro atoms. The summed E-state index contributed by atoms with van der Waals surface area (Å²) in [6.07, 6.45) is 1.42. The lowest BCUT2D eigenvalue weighted by Gasteiger charge is -2.13. The number of anilines is 1. The van der Waals surface area contributed by atoms with E-state index in [9.17, 15) is 14.4 Å². The van der Waals surface area contributed by atoms with Crippen molar-refractivity contribution in [2.75, 3.05) is 11.9 Å². The van der Waals surface area contributed by atoms with Crippen LogP contribution in [0.2, 0.25) is 0 Å². The fourth-order valence-corrected chi connectivity index (χ4v) is 2.23. The molecular weight excluding hydrogens is 296 g/mol. The Labute approximate surface area is 131 Å². The second-order valence-electron chi connectivity index (χ2n) is 4.83. The first-order chi connectivity index (χ1) is 11.1. The quantitative estimate of drug-likeness (QED) is 0.858. The van der Waals surface area contributed by atoms with E-state index in [1.807, 2.05) is 6.07 Å². The van der Waals surface area contributed by atoms with Gasteiger partial charge in [-0.2, -0.15) is 5.26 Å². The molecular formula is C16H10N4O3. The number of nitrogens with one attached hydrogen (secondary N) is 1. The van der Waals surface area contributed by atoms with Gasteiger partial charge >= 0.3 is 0 Å². The molecule has 0 saturated heterocycles. The SMILES string of the molecule is N#Cc1ccc(NC(=O)CN2C(=O)c3cccnc3C2=O)cc1. The zero-order valence-corrected chi connectivity index (χ0v) is 11.8. The fraction of sp³-hybridized carbons (Fsp3) is 0.0625. The van der Waals surface area contributed by atoms with Gasteiger partial charge in [0, 0.05) is 11.9 Å². The molecule has 0 bridgehead atoms. The van der Waals surface area contributed by atoms with Crippen molar-refractivity contribution in [2.45, 2.75) is 0 Å². The van der Waals surface area contributed by atoms with Crippen LogP contribution in [-0.2, 0) is 4.79 Å². The van der Waals surface area contributed by atoms with Crippen LogP contribution in [0.1, 0.15) is 26.4 Å². The van der Waals surface area contributed by atoms with Crippen molar-refractivity contribution >= 4 is 23.4 Å². The number of hydrogen-bond acceptors (Lipinski definition) is 5. The summed E-state index contributed by atoms with van der Waals surface area (Å²) in [6.45, 7) is -0.395. The number of hydrogen-bond donors (Lipinski definition) is 1. The second-order valence-corrected chi connectivity index (χ2v) is 4.83. The monoisotopic (exact) mass is 306 g/mol. The summed E-state index contributed by atoms with van der Waals surface area (Å²) in [5.74, 6) is -1.63. The van der Waals surface area contributed by atoms with Gasteiger partial charge in [0.25, 0.3) is 11.8 Å². The van der Waals surface area contributed by atoms with Crippen LogP contribution < -0.4 is 5.32 Å². The van der Waals surface area contributed by atoms with Gasteiger partial charge in [0.05, 0.1) is 17.2 Å². The van der Waals surface area contributed by atoms with Gasteiger partial charge in [-0.25, -0.2) is 0 Å². The number of pyridine rings is 1. The van der Waals surface area contributed by atoms with Gasteiger partial charge in [-0.15, -0.1) is 0 Å². The molecule has 2 aromatic rings. The van der Waals surface area contributed by atoms with Crippen LogP contribution in [0.25, 0.3) is 0 Å². The average Bonchev–Trinajstić information content (AvgIpc) is 2.81. The molecule has 1 aliphatic heterocycles. The minimum absolute atomic E-state index is 0.0590. The third kappa shape index (κ3) is 2.65. The fourth-order valence-electron chi connectivity index (χ4n) is 2.23. The van der Waals surface area contributed by atoms with Crippen LogP contribution in [0.3, 0.4) is 0 Å². The van der Waals surface area contributed by atoms with Crippen LogP contribution in [0.15, 0.2) is 42.6 Å². The molecule has 1 aromatic carbocycles. The van der Waals surface area contributed by atoms with Gasteiger partial charge in [0.1, 0.15) is 12.2 Å². The summed E-state index contributed by atoms with van der Waals surface area (Å²) >= 11 is 0. The van der Waals surface area contributed by atoms with Crippen LogP contribution in [0, 0.1) is 11.3 Å². The van der Waals surface area contributed by atoms with Crippen LogP contribution >= 0.6 is 0 Å². The topological polar surface area (TPSA) is 103 Å². The Morgan fingerprint density at radius 2 is 1.91 bits per heavy atom. The Bertz CT molecular complexity index is 817. The van der Waals surface area contributed by atoms with Gasteiger partial charge in [-0.1, -0.05) is 0 Å². The lowest BCUT2D eigenvalue weighted by Crippen LogP contribution is -2.37. The molecule has 1 aliphatic rings. The number of amides is 3.